The van der Waals surface area contributed by atoms with Gasteiger partial charge in [0.15, 0.2) is 0 Å². The molecule has 0 radical (unpaired) electrons. The van der Waals surface area contributed by atoms with E-state index in [1.54, 1.807) is 31.2 Å². The van der Waals surface area contributed by atoms with Crippen LogP contribution < -0.4 is 5.32 Å². The first-order chi connectivity index (χ1) is 9.88. The molecule has 0 aromatic heterocycles. The van der Waals surface area contributed by atoms with E-state index in [2.05, 4.69) is 19.2 Å². The molecule has 0 bridgehead atoms. The van der Waals surface area contributed by atoms with Gasteiger partial charge in [0.2, 0.25) is 0 Å². The lowest BCUT2D eigenvalue weighted by Gasteiger charge is -2.14. The van der Waals surface area contributed by atoms with Crippen molar-refractivity contribution in [3.05, 3.63) is 29.8 Å². The summed E-state index contributed by atoms with van der Waals surface area (Å²) in [6.07, 6.45) is 0.308. The Labute approximate surface area is 125 Å². The summed E-state index contributed by atoms with van der Waals surface area (Å²) in [5.74, 6) is -0.594. The first-order valence-electron chi connectivity index (χ1n) is 7.11. The van der Waals surface area contributed by atoms with Crippen LogP contribution in [0.25, 0.3) is 0 Å². The number of carboxylic acid groups (broad SMARTS) is 1. The summed E-state index contributed by atoms with van der Waals surface area (Å²) in [5, 5.41) is 11.5. The molecular formula is C16H23NO4. The average Bonchev–Trinajstić information content (AvgIpc) is 2.37. The van der Waals surface area contributed by atoms with Crippen LogP contribution >= 0.6 is 0 Å². The fraction of sp³-hybridized carbons (Fsp3) is 0.500. The molecule has 0 saturated heterocycles. The van der Waals surface area contributed by atoms with Crippen LogP contribution in [0.2, 0.25) is 0 Å². The molecule has 1 unspecified atom stereocenters. The molecular weight excluding hydrogens is 270 g/mol. The molecule has 0 aliphatic heterocycles. The second kappa shape index (κ2) is 8.42. The zero-order valence-corrected chi connectivity index (χ0v) is 12.8. The molecule has 0 spiro atoms. The summed E-state index contributed by atoms with van der Waals surface area (Å²) in [7, 11) is 0. The van der Waals surface area contributed by atoms with Crippen molar-refractivity contribution in [3.8, 4) is 0 Å². The Bertz CT molecular complexity index is 485. The monoisotopic (exact) mass is 293 g/mol. The number of carbonyl (C=O) groups is 2. The maximum absolute atomic E-state index is 12.0. The topological polar surface area (TPSA) is 75.6 Å². The van der Waals surface area contributed by atoms with Crippen LogP contribution in [0.15, 0.2) is 24.3 Å². The number of aliphatic carboxylic acids is 1. The molecule has 0 fully saturated rings. The second-order valence-corrected chi connectivity index (χ2v) is 5.46. The van der Waals surface area contributed by atoms with Crippen molar-refractivity contribution in [2.45, 2.75) is 39.7 Å². The summed E-state index contributed by atoms with van der Waals surface area (Å²) in [6, 6.07) is 6.82. The second-order valence-electron chi connectivity index (χ2n) is 5.46. The number of anilines is 1. The van der Waals surface area contributed by atoms with Gasteiger partial charge in [-0.05, 0) is 37.0 Å². The number of rotatable bonds is 8. The number of benzene rings is 1. The van der Waals surface area contributed by atoms with E-state index in [9.17, 15) is 9.59 Å². The maximum Gasteiger partial charge on any atom is 0.307 e. The first-order valence-corrected chi connectivity index (χ1v) is 7.11. The minimum absolute atomic E-state index is 0.0653. The van der Waals surface area contributed by atoms with Crippen LogP contribution in [-0.2, 0) is 20.7 Å². The van der Waals surface area contributed by atoms with Crippen molar-refractivity contribution >= 4 is 17.6 Å². The van der Waals surface area contributed by atoms with Gasteiger partial charge in [0.25, 0.3) is 5.91 Å². The molecule has 1 aromatic rings. The number of ether oxygens (including phenoxy) is 1. The Balaban J connectivity index is 2.51. The molecule has 5 nitrogen and oxygen atoms in total. The lowest BCUT2D eigenvalue weighted by molar-refractivity contribution is -0.136. The van der Waals surface area contributed by atoms with Gasteiger partial charge in [-0.25, -0.2) is 0 Å². The maximum atomic E-state index is 12.0. The molecule has 0 aliphatic carbocycles. The molecule has 21 heavy (non-hydrogen) atoms. The average molecular weight is 293 g/mol. The molecule has 116 valence electrons. The number of carboxylic acids is 1. The number of carbonyl (C=O) groups excluding carboxylic acids is 1. The minimum Gasteiger partial charge on any atom is -0.481 e. The van der Waals surface area contributed by atoms with E-state index in [-0.39, 0.29) is 12.3 Å². The van der Waals surface area contributed by atoms with E-state index in [1.165, 1.54) is 0 Å². The largest absolute Gasteiger partial charge is 0.481 e. The predicted octanol–water partition coefficient (Wildman–Crippen LogP) is 2.70. The number of hydrogen-bond acceptors (Lipinski definition) is 3. The fourth-order valence-electron chi connectivity index (χ4n) is 1.73. The summed E-state index contributed by atoms with van der Waals surface area (Å²) < 4.78 is 5.48. The van der Waals surface area contributed by atoms with E-state index in [4.69, 9.17) is 9.84 Å². The van der Waals surface area contributed by atoms with Crippen LogP contribution in [-0.4, -0.2) is 29.7 Å². The molecule has 0 heterocycles. The molecule has 0 saturated carbocycles. The molecule has 1 aromatic carbocycles. The lowest BCUT2D eigenvalue weighted by atomic mass is 10.1. The van der Waals surface area contributed by atoms with Gasteiger partial charge in [-0.15, -0.1) is 0 Å². The van der Waals surface area contributed by atoms with Crippen molar-refractivity contribution < 1.29 is 19.4 Å². The molecule has 1 atom stereocenters. The van der Waals surface area contributed by atoms with Crippen molar-refractivity contribution in [2.24, 2.45) is 5.92 Å². The number of nitrogens with one attached hydrogen (secondary N) is 1. The van der Waals surface area contributed by atoms with Gasteiger partial charge in [0.1, 0.15) is 6.10 Å². The Morgan fingerprint density at radius 1 is 1.29 bits per heavy atom. The van der Waals surface area contributed by atoms with Gasteiger partial charge < -0.3 is 15.2 Å². The highest BCUT2D eigenvalue weighted by molar-refractivity contribution is 5.94. The normalized spacial score (nSPS) is 12.2. The highest BCUT2D eigenvalue weighted by Crippen LogP contribution is 2.12. The van der Waals surface area contributed by atoms with E-state index >= 15 is 0 Å². The van der Waals surface area contributed by atoms with Crippen molar-refractivity contribution in [1.29, 1.82) is 0 Å². The quantitative estimate of drug-likeness (QED) is 0.772. The molecule has 1 rings (SSSR count). The van der Waals surface area contributed by atoms with E-state index in [0.29, 0.717) is 23.8 Å². The van der Waals surface area contributed by atoms with Gasteiger partial charge in [0, 0.05) is 12.3 Å². The summed E-state index contributed by atoms with van der Waals surface area (Å²) >= 11 is 0. The Hall–Kier alpha value is -1.88. The van der Waals surface area contributed by atoms with Crippen molar-refractivity contribution in [3.63, 3.8) is 0 Å². The molecule has 0 aliphatic rings. The van der Waals surface area contributed by atoms with E-state index in [1.807, 2.05) is 0 Å². The standard InChI is InChI=1S/C16H23NO4/c1-11(2)7-8-21-12(3)16(20)17-14-6-4-5-13(9-14)10-15(18)19/h4-6,9,11-12H,7-8,10H2,1-3H3,(H,17,20)(H,18,19). The summed E-state index contributed by atoms with van der Waals surface area (Å²) in [5.41, 5.74) is 1.23. The molecule has 5 heteroatoms. The Morgan fingerprint density at radius 3 is 2.62 bits per heavy atom. The van der Waals surface area contributed by atoms with Crippen LogP contribution in [0.5, 0.6) is 0 Å². The van der Waals surface area contributed by atoms with Crippen molar-refractivity contribution in [2.75, 3.05) is 11.9 Å². The zero-order chi connectivity index (χ0) is 15.8. The van der Waals surface area contributed by atoms with Crippen LogP contribution in [0.4, 0.5) is 5.69 Å². The van der Waals surface area contributed by atoms with Gasteiger partial charge in [0.05, 0.1) is 6.42 Å². The summed E-state index contributed by atoms with van der Waals surface area (Å²) in [4.78, 5) is 22.6. The summed E-state index contributed by atoms with van der Waals surface area (Å²) in [6.45, 7) is 6.45. The zero-order valence-electron chi connectivity index (χ0n) is 12.8. The third kappa shape index (κ3) is 6.90. The van der Waals surface area contributed by atoms with Gasteiger partial charge in [-0.1, -0.05) is 26.0 Å². The molecule has 1 amide bonds. The highest BCUT2D eigenvalue weighted by atomic mass is 16.5. The third-order valence-electron chi connectivity index (χ3n) is 2.98. The number of amides is 1. The number of hydrogen-bond donors (Lipinski definition) is 2. The Kier molecular flexibility index (Phi) is 6.88. The lowest BCUT2D eigenvalue weighted by Crippen LogP contribution is -2.28. The minimum atomic E-state index is -0.899. The van der Waals surface area contributed by atoms with Crippen molar-refractivity contribution in [1.82, 2.24) is 0 Å². The van der Waals surface area contributed by atoms with Gasteiger partial charge in [-0.3, -0.25) is 9.59 Å². The van der Waals surface area contributed by atoms with E-state index < -0.39 is 12.1 Å². The van der Waals surface area contributed by atoms with E-state index in [0.717, 1.165) is 6.42 Å². The smallest absolute Gasteiger partial charge is 0.307 e. The Morgan fingerprint density at radius 2 is 2.00 bits per heavy atom. The third-order valence-corrected chi connectivity index (χ3v) is 2.98. The van der Waals surface area contributed by atoms with Crippen LogP contribution in [0.3, 0.4) is 0 Å². The SMILES string of the molecule is CC(C)CCOC(C)C(=O)Nc1cccc(CC(=O)O)c1. The fourth-order valence-corrected chi connectivity index (χ4v) is 1.73. The van der Waals surface area contributed by atoms with Crippen LogP contribution in [0.1, 0.15) is 32.8 Å². The highest BCUT2D eigenvalue weighted by Gasteiger charge is 2.14. The first kappa shape index (κ1) is 17.2. The molecule has 2 N–H and O–H groups in total. The predicted molar refractivity (Wildman–Crippen MR) is 81.3 cm³/mol. The van der Waals surface area contributed by atoms with Crippen LogP contribution in [0, 0.1) is 5.92 Å². The van der Waals surface area contributed by atoms with Gasteiger partial charge in [-0.2, -0.15) is 0 Å². The van der Waals surface area contributed by atoms with Gasteiger partial charge >= 0.3 is 5.97 Å².